The molecular formula is C15H28N4O2. The molecule has 0 fully saturated rings. The Morgan fingerprint density at radius 3 is 2.76 bits per heavy atom. The number of rotatable bonds is 8. The van der Waals surface area contributed by atoms with Crippen molar-refractivity contribution in [2.75, 3.05) is 18.4 Å². The molecule has 1 aromatic heterocycles. The second-order valence-electron chi connectivity index (χ2n) is 6.07. The first-order chi connectivity index (χ1) is 9.90. The molecule has 0 aliphatic carbocycles. The smallest absolute Gasteiger partial charge is 0.414 e. The first-order valence-electron chi connectivity index (χ1n) is 7.65. The fourth-order valence-electron chi connectivity index (χ4n) is 1.79. The normalized spacial score (nSPS) is 11.4. The van der Waals surface area contributed by atoms with Crippen molar-refractivity contribution in [2.24, 2.45) is 0 Å². The molecule has 1 heterocycles. The summed E-state index contributed by atoms with van der Waals surface area (Å²) in [4.78, 5) is 18.8. The highest BCUT2D eigenvalue weighted by atomic mass is 16.6. The predicted molar refractivity (Wildman–Crippen MR) is 84.5 cm³/mol. The standard InChI is InChI=1S/C15H28N4O2/c1-5-6-7-9-16-10-8-12-11-17-13(18-12)19-14(20)21-15(2,3)4/h11,16H,5-10H2,1-4H3,(H2,17,18,19,20). The molecule has 120 valence electrons. The summed E-state index contributed by atoms with van der Waals surface area (Å²) in [5.74, 6) is 0.422. The highest BCUT2D eigenvalue weighted by Crippen LogP contribution is 2.09. The maximum atomic E-state index is 11.6. The zero-order valence-electron chi connectivity index (χ0n) is 13.6. The molecular weight excluding hydrogens is 268 g/mol. The minimum atomic E-state index is -0.512. The maximum Gasteiger partial charge on any atom is 0.414 e. The number of unbranched alkanes of at least 4 members (excludes halogenated alkanes) is 2. The molecule has 6 nitrogen and oxygen atoms in total. The maximum absolute atomic E-state index is 11.6. The molecule has 0 saturated heterocycles. The zero-order valence-corrected chi connectivity index (χ0v) is 13.6. The van der Waals surface area contributed by atoms with Crippen molar-refractivity contribution in [2.45, 2.75) is 59.0 Å². The molecule has 0 radical (unpaired) electrons. The van der Waals surface area contributed by atoms with Crippen LogP contribution >= 0.6 is 0 Å². The highest BCUT2D eigenvalue weighted by Gasteiger charge is 2.17. The van der Waals surface area contributed by atoms with Gasteiger partial charge in [-0.15, -0.1) is 0 Å². The lowest BCUT2D eigenvalue weighted by Crippen LogP contribution is -2.27. The van der Waals surface area contributed by atoms with Crippen LogP contribution in [0.1, 0.15) is 52.7 Å². The van der Waals surface area contributed by atoms with Crippen LogP contribution in [0.2, 0.25) is 0 Å². The number of H-pyrrole nitrogens is 1. The summed E-state index contributed by atoms with van der Waals surface area (Å²) >= 11 is 0. The number of carbonyl (C=O) groups excluding carboxylic acids is 1. The number of anilines is 1. The van der Waals surface area contributed by atoms with Gasteiger partial charge in [0, 0.05) is 19.2 Å². The second-order valence-corrected chi connectivity index (χ2v) is 6.07. The summed E-state index contributed by atoms with van der Waals surface area (Å²) < 4.78 is 5.16. The highest BCUT2D eigenvalue weighted by molar-refractivity contribution is 5.82. The number of nitrogens with one attached hydrogen (secondary N) is 3. The zero-order chi connectivity index (χ0) is 15.7. The average molecular weight is 296 g/mol. The van der Waals surface area contributed by atoms with Crippen LogP contribution in [0.25, 0.3) is 0 Å². The number of ether oxygens (including phenoxy) is 1. The van der Waals surface area contributed by atoms with Gasteiger partial charge in [-0.05, 0) is 33.7 Å². The molecule has 0 aromatic carbocycles. The Hall–Kier alpha value is -1.56. The minimum Gasteiger partial charge on any atom is -0.444 e. The summed E-state index contributed by atoms with van der Waals surface area (Å²) in [5, 5.41) is 5.97. The van der Waals surface area contributed by atoms with E-state index < -0.39 is 11.7 Å². The molecule has 1 rings (SSSR count). The van der Waals surface area contributed by atoms with Crippen LogP contribution in [0.4, 0.5) is 10.7 Å². The van der Waals surface area contributed by atoms with Crippen molar-refractivity contribution < 1.29 is 9.53 Å². The van der Waals surface area contributed by atoms with Crippen LogP contribution in [-0.2, 0) is 11.2 Å². The largest absolute Gasteiger partial charge is 0.444 e. The molecule has 0 aliphatic rings. The first kappa shape index (κ1) is 17.5. The molecule has 0 bridgehead atoms. The molecule has 21 heavy (non-hydrogen) atoms. The van der Waals surface area contributed by atoms with Crippen LogP contribution in [0.15, 0.2) is 6.20 Å². The lowest BCUT2D eigenvalue weighted by atomic mass is 10.2. The van der Waals surface area contributed by atoms with E-state index in [2.05, 4.69) is 27.5 Å². The van der Waals surface area contributed by atoms with E-state index >= 15 is 0 Å². The van der Waals surface area contributed by atoms with Gasteiger partial charge < -0.3 is 15.0 Å². The summed E-state index contributed by atoms with van der Waals surface area (Å²) in [6.07, 6.45) is 5.85. The Labute approximate surface area is 127 Å². The molecule has 0 atom stereocenters. The summed E-state index contributed by atoms with van der Waals surface area (Å²) in [5.41, 5.74) is 0.408. The second kappa shape index (κ2) is 8.67. The number of hydrogen-bond donors (Lipinski definition) is 3. The van der Waals surface area contributed by atoms with Crippen LogP contribution in [0.5, 0.6) is 0 Å². The SMILES string of the molecule is CCCCCNCCc1c[nH]c(NC(=O)OC(C)(C)C)n1. The number of carbonyl (C=O) groups is 1. The predicted octanol–water partition coefficient (Wildman–Crippen LogP) is 3.08. The Kier molecular flexibility index (Phi) is 7.22. The number of imidazole rings is 1. The van der Waals surface area contributed by atoms with Gasteiger partial charge in [0.05, 0.1) is 5.69 Å². The van der Waals surface area contributed by atoms with E-state index in [4.69, 9.17) is 4.74 Å². The molecule has 0 saturated carbocycles. The Balaban J connectivity index is 2.25. The third-order valence-corrected chi connectivity index (χ3v) is 2.77. The van der Waals surface area contributed by atoms with E-state index in [-0.39, 0.29) is 0 Å². The number of aromatic amines is 1. The van der Waals surface area contributed by atoms with Gasteiger partial charge in [-0.2, -0.15) is 0 Å². The number of aromatic nitrogens is 2. The molecule has 0 spiro atoms. The van der Waals surface area contributed by atoms with Gasteiger partial charge in [0.2, 0.25) is 5.95 Å². The lowest BCUT2D eigenvalue weighted by Gasteiger charge is -2.18. The minimum absolute atomic E-state index is 0.422. The van der Waals surface area contributed by atoms with Gasteiger partial charge in [0.1, 0.15) is 5.60 Å². The molecule has 6 heteroatoms. The van der Waals surface area contributed by atoms with E-state index in [0.29, 0.717) is 5.95 Å². The average Bonchev–Trinajstić information content (AvgIpc) is 2.78. The van der Waals surface area contributed by atoms with Crippen molar-refractivity contribution in [1.82, 2.24) is 15.3 Å². The fourth-order valence-corrected chi connectivity index (χ4v) is 1.79. The van der Waals surface area contributed by atoms with Crippen molar-refractivity contribution in [1.29, 1.82) is 0 Å². The van der Waals surface area contributed by atoms with Crippen LogP contribution in [0, 0.1) is 0 Å². The summed E-state index contributed by atoms with van der Waals surface area (Å²) in [6.45, 7) is 9.60. The Morgan fingerprint density at radius 1 is 1.33 bits per heavy atom. The van der Waals surface area contributed by atoms with Gasteiger partial charge in [-0.1, -0.05) is 19.8 Å². The van der Waals surface area contributed by atoms with Crippen molar-refractivity contribution in [3.05, 3.63) is 11.9 Å². The molecule has 0 unspecified atom stereocenters. The monoisotopic (exact) mass is 296 g/mol. The summed E-state index contributed by atoms with van der Waals surface area (Å²) in [6, 6.07) is 0. The number of amides is 1. The summed E-state index contributed by atoms with van der Waals surface area (Å²) in [7, 11) is 0. The Morgan fingerprint density at radius 2 is 2.10 bits per heavy atom. The van der Waals surface area contributed by atoms with Crippen molar-refractivity contribution >= 4 is 12.0 Å². The van der Waals surface area contributed by atoms with Crippen molar-refractivity contribution in [3.8, 4) is 0 Å². The van der Waals surface area contributed by atoms with Crippen LogP contribution in [-0.4, -0.2) is 34.8 Å². The lowest BCUT2D eigenvalue weighted by molar-refractivity contribution is 0.0635. The van der Waals surface area contributed by atoms with Crippen molar-refractivity contribution in [3.63, 3.8) is 0 Å². The van der Waals surface area contributed by atoms with E-state index in [1.807, 2.05) is 20.8 Å². The van der Waals surface area contributed by atoms with E-state index in [9.17, 15) is 4.79 Å². The quantitative estimate of drug-likeness (QED) is 0.644. The topological polar surface area (TPSA) is 79.0 Å². The van der Waals surface area contributed by atoms with Crippen LogP contribution < -0.4 is 10.6 Å². The van der Waals surface area contributed by atoms with E-state index in [1.54, 1.807) is 6.20 Å². The molecule has 1 amide bonds. The van der Waals surface area contributed by atoms with Gasteiger partial charge >= 0.3 is 6.09 Å². The van der Waals surface area contributed by atoms with Gasteiger partial charge in [-0.25, -0.2) is 9.78 Å². The molecule has 0 aliphatic heterocycles. The van der Waals surface area contributed by atoms with E-state index in [0.717, 1.165) is 25.2 Å². The van der Waals surface area contributed by atoms with Gasteiger partial charge in [0.25, 0.3) is 0 Å². The third-order valence-electron chi connectivity index (χ3n) is 2.77. The number of nitrogens with zero attached hydrogens (tertiary/aromatic N) is 1. The fraction of sp³-hybridized carbons (Fsp3) is 0.733. The van der Waals surface area contributed by atoms with Gasteiger partial charge in [-0.3, -0.25) is 5.32 Å². The van der Waals surface area contributed by atoms with Gasteiger partial charge in [0.15, 0.2) is 0 Å². The third kappa shape index (κ3) is 8.34. The molecule has 1 aromatic rings. The first-order valence-corrected chi connectivity index (χ1v) is 7.65. The number of hydrogen-bond acceptors (Lipinski definition) is 4. The molecule has 3 N–H and O–H groups in total. The van der Waals surface area contributed by atoms with E-state index in [1.165, 1.54) is 19.3 Å². The Bertz CT molecular complexity index is 424. The van der Waals surface area contributed by atoms with Crippen LogP contribution in [0.3, 0.4) is 0 Å².